The standard InChI is InChI=1S/C21H21FN2O3/c1-2-19(26)24-17-11-23(21(27)13-7-3-5-9-15(13)22)16-10-6-4-8-14(16)20(17)18(24)12-25/h3-10,17-18,20,25H,2,11-12H2,1H3/t17-,18+,20+/m1/s1. The van der Waals surface area contributed by atoms with Crippen molar-refractivity contribution in [1.82, 2.24) is 4.90 Å². The van der Waals surface area contributed by atoms with E-state index in [1.54, 1.807) is 28.9 Å². The number of carbonyl (C=O) groups is 2. The lowest BCUT2D eigenvalue weighted by molar-refractivity contribution is -0.149. The van der Waals surface area contributed by atoms with Gasteiger partial charge in [-0.1, -0.05) is 37.3 Å². The molecular formula is C21H21FN2O3. The fraction of sp³-hybridized carbons (Fsp3) is 0.333. The average Bonchev–Trinajstić information content (AvgIpc) is 2.68. The number of hydrogen-bond donors (Lipinski definition) is 1. The topological polar surface area (TPSA) is 60.9 Å². The Morgan fingerprint density at radius 1 is 1.15 bits per heavy atom. The van der Waals surface area contributed by atoms with Crippen molar-refractivity contribution in [2.45, 2.75) is 31.3 Å². The minimum atomic E-state index is -0.564. The van der Waals surface area contributed by atoms with Crippen molar-refractivity contribution >= 4 is 17.5 Å². The fourth-order valence-electron chi connectivity index (χ4n) is 4.39. The van der Waals surface area contributed by atoms with Crippen molar-refractivity contribution in [3.63, 3.8) is 0 Å². The molecule has 2 aromatic rings. The van der Waals surface area contributed by atoms with E-state index in [0.29, 0.717) is 12.1 Å². The Hall–Kier alpha value is -2.73. The Morgan fingerprint density at radius 2 is 1.85 bits per heavy atom. The van der Waals surface area contributed by atoms with Crippen LogP contribution in [-0.4, -0.2) is 47.1 Å². The molecule has 0 bridgehead atoms. The van der Waals surface area contributed by atoms with E-state index in [9.17, 15) is 19.1 Å². The minimum Gasteiger partial charge on any atom is -0.394 e. The maximum Gasteiger partial charge on any atom is 0.261 e. The highest BCUT2D eigenvalue weighted by Crippen LogP contribution is 2.48. The van der Waals surface area contributed by atoms with Gasteiger partial charge in [-0.05, 0) is 23.8 Å². The molecule has 1 fully saturated rings. The van der Waals surface area contributed by atoms with Crippen molar-refractivity contribution in [3.8, 4) is 0 Å². The number of halogens is 1. The minimum absolute atomic E-state index is 0.0113. The van der Waals surface area contributed by atoms with Gasteiger partial charge in [0.15, 0.2) is 0 Å². The number of carbonyl (C=O) groups excluding carboxylic acids is 2. The number of para-hydroxylation sites is 1. The van der Waals surface area contributed by atoms with E-state index < -0.39 is 11.7 Å². The predicted octanol–water partition coefficient (Wildman–Crippen LogP) is 2.55. The summed E-state index contributed by atoms with van der Waals surface area (Å²) in [4.78, 5) is 28.7. The van der Waals surface area contributed by atoms with Crippen LogP contribution in [0.2, 0.25) is 0 Å². The van der Waals surface area contributed by atoms with Crippen molar-refractivity contribution in [1.29, 1.82) is 0 Å². The lowest BCUT2D eigenvalue weighted by Crippen LogP contribution is -2.70. The molecule has 140 valence electrons. The van der Waals surface area contributed by atoms with Gasteiger partial charge in [0.1, 0.15) is 5.82 Å². The first-order valence-corrected chi connectivity index (χ1v) is 9.15. The Kier molecular flexibility index (Phi) is 4.44. The molecule has 0 unspecified atom stereocenters. The zero-order valence-corrected chi connectivity index (χ0v) is 15.0. The van der Waals surface area contributed by atoms with Gasteiger partial charge in [-0.25, -0.2) is 4.39 Å². The second-order valence-electron chi connectivity index (χ2n) is 6.95. The number of anilines is 1. The van der Waals surface area contributed by atoms with Crippen LogP contribution in [0.5, 0.6) is 0 Å². The third-order valence-electron chi connectivity index (χ3n) is 5.63. The molecule has 0 saturated carbocycles. The second kappa shape index (κ2) is 6.78. The first-order chi connectivity index (χ1) is 13.1. The van der Waals surface area contributed by atoms with Crippen molar-refractivity contribution in [2.75, 3.05) is 18.1 Å². The van der Waals surface area contributed by atoms with Crippen LogP contribution in [-0.2, 0) is 4.79 Å². The number of rotatable bonds is 3. The van der Waals surface area contributed by atoms with E-state index >= 15 is 0 Å². The van der Waals surface area contributed by atoms with Gasteiger partial charge in [0.25, 0.3) is 5.91 Å². The van der Waals surface area contributed by atoms with Crippen LogP contribution in [0.15, 0.2) is 48.5 Å². The molecule has 1 N–H and O–H groups in total. The molecule has 27 heavy (non-hydrogen) atoms. The summed E-state index contributed by atoms with van der Waals surface area (Å²) >= 11 is 0. The van der Waals surface area contributed by atoms with Crippen molar-refractivity contribution in [2.24, 2.45) is 0 Å². The van der Waals surface area contributed by atoms with Gasteiger partial charge < -0.3 is 14.9 Å². The van der Waals surface area contributed by atoms with Gasteiger partial charge >= 0.3 is 0 Å². The fourth-order valence-corrected chi connectivity index (χ4v) is 4.39. The quantitative estimate of drug-likeness (QED) is 0.906. The number of nitrogens with zero attached hydrogens (tertiary/aromatic N) is 2. The maximum atomic E-state index is 14.2. The summed E-state index contributed by atoms with van der Waals surface area (Å²) in [7, 11) is 0. The van der Waals surface area contributed by atoms with Gasteiger partial charge in [-0.15, -0.1) is 0 Å². The lowest BCUT2D eigenvalue weighted by atomic mass is 9.71. The van der Waals surface area contributed by atoms with Crippen molar-refractivity contribution < 1.29 is 19.1 Å². The summed E-state index contributed by atoms with van der Waals surface area (Å²) in [5, 5.41) is 9.83. The predicted molar refractivity (Wildman–Crippen MR) is 99.1 cm³/mol. The zero-order valence-electron chi connectivity index (χ0n) is 15.0. The normalized spacial score (nSPS) is 23.3. The number of aliphatic hydroxyl groups is 1. The number of aliphatic hydroxyl groups excluding tert-OH is 1. The van der Waals surface area contributed by atoms with Crippen LogP contribution in [0.3, 0.4) is 0 Å². The number of amides is 2. The summed E-state index contributed by atoms with van der Waals surface area (Å²) in [6, 6.07) is 12.9. The molecule has 0 spiro atoms. The van der Waals surface area contributed by atoms with E-state index in [1.807, 2.05) is 24.3 Å². The second-order valence-corrected chi connectivity index (χ2v) is 6.95. The Labute approximate surface area is 157 Å². The van der Waals surface area contributed by atoms with E-state index in [1.165, 1.54) is 12.1 Å². The van der Waals surface area contributed by atoms with Crippen LogP contribution in [0.1, 0.15) is 35.2 Å². The highest BCUT2D eigenvalue weighted by molar-refractivity contribution is 6.07. The third-order valence-corrected chi connectivity index (χ3v) is 5.63. The van der Waals surface area contributed by atoms with Crippen LogP contribution in [0.25, 0.3) is 0 Å². The zero-order chi connectivity index (χ0) is 19.1. The SMILES string of the molecule is CCC(=O)N1[C@@H]2CN(C(=O)c3ccccc3F)c3ccccc3[C@@H]2[C@@H]1CO. The molecule has 2 aromatic carbocycles. The molecule has 2 heterocycles. The Balaban J connectivity index is 1.76. The molecule has 0 aromatic heterocycles. The van der Waals surface area contributed by atoms with Crippen LogP contribution >= 0.6 is 0 Å². The lowest BCUT2D eigenvalue weighted by Gasteiger charge is -2.59. The van der Waals surface area contributed by atoms with Gasteiger partial charge in [0.2, 0.25) is 5.91 Å². The molecule has 2 amide bonds. The van der Waals surface area contributed by atoms with Gasteiger partial charge in [0.05, 0.1) is 24.3 Å². The van der Waals surface area contributed by atoms with E-state index in [0.717, 1.165) is 5.56 Å². The number of likely N-dealkylation sites (tertiary alicyclic amines) is 1. The highest BCUT2D eigenvalue weighted by atomic mass is 19.1. The summed E-state index contributed by atoms with van der Waals surface area (Å²) in [5.41, 5.74) is 1.64. The van der Waals surface area contributed by atoms with Gasteiger partial charge in [-0.2, -0.15) is 0 Å². The monoisotopic (exact) mass is 368 g/mol. The average molecular weight is 368 g/mol. The molecular weight excluding hydrogens is 347 g/mol. The summed E-state index contributed by atoms with van der Waals surface area (Å²) in [6.07, 6.45) is 0.336. The Bertz CT molecular complexity index is 901. The third kappa shape index (κ3) is 2.63. The number of fused-ring (bicyclic) bond motifs is 3. The molecule has 0 aliphatic carbocycles. The van der Waals surface area contributed by atoms with E-state index in [2.05, 4.69) is 0 Å². The molecule has 2 aliphatic heterocycles. The molecule has 0 radical (unpaired) electrons. The van der Waals surface area contributed by atoms with Crippen molar-refractivity contribution in [3.05, 3.63) is 65.5 Å². The van der Waals surface area contributed by atoms with Crippen LogP contribution in [0, 0.1) is 5.82 Å². The first kappa shape index (κ1) is 17.7. The van der Waals surface area contributed by atoms with E-state index in [4.69, 9.17) is 0 Å². The first-order valence-electron chi connectivity index (χ1n) is 9.15. The smallest absolute Gasteiger partial charge is 0.261 e. The summed E-state index contributed by atoms with van der Waals surface area (Å²) in [6.45, 7) is 1.95. The number of benzene rings is 2. The maximum absolute atomic E-state index is 14.2. The summed E-state index contributed by atoms with van der Waals surface area (Å²) < 4.78 is 14.2. The molecule has 4 rings (SSSR count). The van der Waals surface area contributed by atoms with Crippen LogP contribution in [0.4, 0.5) is 10.1 Å². The summed E-state index contributed by atoms with van der Waals surface area (Å²) in [5.74, 6) is -1.06. The molecule has 5 nitrogen and oxygen atoms in total. The van der Waals surface area contributed by atoms with Crippen LogP contribution < -0.4 is 4.90 Å². The highest BCUT2D eigenvalue weighted by Gasteiger charge is 2.54. The molecule has 6 heteroatoms. The number of hydrogen-bond acceptors (Lipinski definition) is 3. The molecule has 3 atom stereocenters. The Morgan fingerprint density at radius 3 is 2.56 bits per heavy atom. The molecule has 2 aliphatic rings. The largest absolute Gasteiger partial charge is 0.394 e. The molecule has 1 saturated heterocycles. The van der Waals surface area contributed by atoms with Gasteiger partial charge in [-0.3, -0.25) is 9.59 Å². The van der Waals surface area contributed by atoms with E-state index in [-0.39, 0.29) is 42.6 Å². The van der Waals surface area contributed by atoms with Gasteiger partial charge in [0, 0.05) is 24.6 Å².